The smallest absolute Gasteiger partial charge is 0.370 e. The van der Waals surface area contributed by atoms with Crippen molar-refractivity contribution in [3.05, 3.63) is 30.3 Å². The lowest BCUT2D eigenvalue weighted by Crippen LogP contribution is -2.57. The van der Waals surface area contributed by atoms with Gasteiger partial charge in [-0.2, -0.15) is 0 Å². The molecule has 0 aliphatic rings. The number of hydrogen-bond donors (Lipinski definition) is 0. The van der Waals surface area contributed by atoms with E-state index in [0.717, 1.165) is 10.5 Å². The van der Waals surface area contributed by atoms with E-state index in [9.17, 15) is 0 Å². The Hall–Kier alpha value is -0.203. The van der Waals surface area contributed by atoms with E-state index in [1.807, 2.05) is 44.2 Å². The van der Waals surface area contributed by atoms with Gasteiger partial charge in [0.05, 0.1) is 0 Å². The molecule has 1 rings (SSSR count). The first-order valence-electron chi connectivity index (χ1n) is 5.82. The second-order valence-electron chi connectivity index (χ2n) is 3.33. The first-order chi connectivity index (χ1) is 8.29. The third-order valence-corrected chi connectivity index (χ3v) is 5.45. The molecule has 0 aromatic heterocycles. The van der Waals surface area contributed by atoms with Crippen molar-refractivity contribution in [1.82, 2.24) is 0 Å². The van der Waals surface area contributed by atoms with Crippen LogP contribution in [0, 0.1) is 0 Å². The largest absolute Gasteiger partial charge is 0.537 e. The van der Waals surface area contributed by atoms with Gasteiger partial charge in [-0.1, -0.05) is 46.3 Å². The first-order valence-corrected chi connectivity index (χ1v) is 8.67. The average Bonchev–Trinajstić information content (AvgIpc) is 2.37. The summed E-state index contributed by atoms with van der Waals surface area (Å²) in [7, 11) is -2.72. The summed E-state index contributed by atoms with van der Waals surface area (Å²) in [5, 5.41) is 1.79. The minimum absolute atomic E-state index is 0.584. The summed E-state index contributed by atoms with van der Waals surface area (Å²) in [6.07, 6.45) is 0. The van der Waals surface area contributed by atoms with Gasteiger partial charge in [0.1, 0.15) is 0 Å². The molecule has 0 amide bonds. The number of halogens is 1. The van der Waals surface area contributed by atoms with Crippen molar-refractivity contribution in [2.45, 2.75) is 13.8 Å². The molecule has 0 saturated carbocycles. The molecule has 0 bridgehead atoms. The van der Waals surface area contributed by atoms with Gasteiger partial charge in [0, 0.05) is 30.3 Å². The summed E-state index contributed by atoms with van der Waals surface area (Å²) in [5.41, 5.74) is 0. The zero-order chi connectivity index (χ0) is 12.6. The Bertz CT molecular complexity index is 302. The summed E-state index contributed by atoms with van der Waals surface area (Å²) >= 11 is 3.36. The summed E-state index contributed by atoms with van der Waals surface area (Å²) in [6.45, 7) is 5.68. The van der Waals surface area contributed by atoms with Crippen LogP contribution < -0.4 is 5.19 Å². The van der Waals surface area contributed by atoms with Gasteiger partial charge >= 0.3 is 8.80 Å². The molecule has 0 aliphatic carbocycles. The molecule has 0 atom stereocenters. The SMILES string of the molecule is CCO[Si](OCC)(OCCBr)c1ccccc1. The molecular formula is C12H19BrO3Si. The van der Waals surface area contributed by atoms with E-state index in [1.165, 1.54) is 0 Å². The normalized spacial score (nSPS) is 11.7. The fourth-order valence-corrected chi connectivity index (χ4v) is 4.51. The molecule has 0 radical (unpaired) electrons. The fraction of sp³-hybridized carbons (Fsp3) is 0.500. The molecule has 0 heterocycles. The molecule has 96 valence electrons. The van der Waals surface area contributed by atoms with Gasteiger partial charge in [-0.25, -0.2) is 0 Å². The predicted molar refractivity (Wildman–Crippen MR) is 74.8 cm³/mol. The monoisotopic (exact) mass is 318 g/mol. The highest BCUT2D eigenvalue weighted by atomic mass is 79.9. The van der Waals surface area contributed by atoms with Crippen molar-refractivity contribution < 1.29 is 13.3 Å². The summed E-state index contributed by atoms with van der Waals surface area (Å²) in [5.74, 6) is 0. The Kier molecular flexibility index (Phi) is 6.99. The molecule has 0 aliphatic heterocycles. The molecule has 5 heteroatoms. The van der Waals surface area contributed by atoms with E-state index in [-0.39, 0.29) is 0 Å². The van der Waals surface area contributed by atoms with Crippen LogP contribution in [-0.4, -0.2) is 34.0 Å². The maximum absolute atomic E-state index is 5.89. The molecular weight excluding hydrogens is 300 g/mol. The van der Waals surface area contributed by atoms with Crippen molar-refractivity contribution >= 4 is 29.9 Å². The Morgan fingerprint density at radius 2 is 1.59 bits per heavy atom. The van der Waals surface area contributed by atoms with Crippen LogP contribution in [0.25, 0.3) is 0 Å². The van der Waals surface area contributed by atoms with Crippen molar-refractivity contribution in [2.24, 2.45) is 0 Å². The molecule has 0 spiro atoms. The molecule has 17 heavy (non-hydrogen) atoms. The molecule has 0 saturated heterocycles. The number of alkyl halides is 1. The van der Waals surface area contributed by atoms with E-state index in [4.69, 9.17) is 13.3 Å². The third kappa shape index (κ3) is 4.19. The average molecular weight is 319 g/mol. The van der Waals surface area contributed by atoms with E-state index < -0.39 is 8.80 Å². The number of hydrogen-bond acceptors (Lipinski definition) is 3. The van der Waals surface area contributed by atoms with Gasteiger partial charge in [-0.3, -0.25) is 0 Å². The molecule has 3 nitrogen and oxygen atoms in total. The standard InChI is InChI=1S/C12H19BrO3Si/c1-3-14-17(15-4-2,16-11-10-13)12-8-6-5-7-9-12/h5-9H,3-4,10-11H2,1-2H3. The Morgan fingerprint density at radius 1 is 1.00 bits per heavy atom. The maximum Gasteiger partial charge on any atom is 0.537 e. The molecule has 0 unspecified atom stereocenters. The minimum atomic E-state index is -2.72. The topological polar surface area (TPSA) is 27.7 Å². The number of benzene rings is 1. The number of rotatable bonds is 8. The van der Waals surface area contributed by atoms with Crippen LogP contribution in [0.3, 0.4) is 0 Å². The van der Waals surface area contributed by atoms with Crippen LogP contribution in [0.15, 0.2) is 30.3 Å². The second kappa shape index (κ2) is 8.00. The van der Waals surface area contributed by atoms with Gasteiger partial charge in [-0.15, -0.1) is 0 Å². The van der Waals surface area contributed by atoms with Crippen LogP contribution in [0.2, 0.25) is 0 Å². The van der Waals surface area contributed by atoms with Crippen LogP contribution in [0.4, 0.5) is 0 Å². The lowest BCUT2D eigenvalue weighted by molar-refractivity contribution is 0.0869. The quantitative estimate of drug-likeness (QED) is 0.544. The zero-order valence-corrected chi connectivity index (χ0v) is 12.9. The van der Waals surface area contributed by atoms with Gasteiger partial charge in [0.15, 0.2) is 0 Å². The second-order valence-corrected chi connectivity index (χ2v) is 6.67. The van der Waals surface area contributed by atoms with Crippen molar-refractivity contribution in [2.75, 3.05) is 25.2 Å². The molecule has 1 aromatic carbocycles. The van der Waals surface area contributed by atoms with Crippen molar-refractivity contribution in [3.8, 4) is 0 Å². The highest BCUT2D eigenvalue weighted by Crippen LogP contribution is 2.11. The Balaban J connectivity index is 2.95. The highest BCUT2D eigenvalue weighted by molar-refractivity contribution is 9.09. The van der Waals surface area contributed by atoms with E-state index in [1.54, 1.807) is 0 Å². The lowest BCUT2D eigenvalue weighted by Gasteiger charge is -2.28. The summed E-state index contributed by atoms with van der Waals surface area (Å²) in [6, 6.07) is 9.95. The Labute approximate surface area is 113 Å². The van der Waals surface area contributed by atoms with Crippen LogP contribution in [-0.2, 0) is 13.3 Å². The summed E-state index contributed by atoms with van der Waals surface area (Å²) in [4.78, 5) is 0. The molecule has 0 N–H and O–H groups in total. The van der Waals surface area contributed by atoms with Crippen LogP contribution in [0.1, 0.15) is 13.8 Å². The van der Waals surface area contributed by atoms with E-state index in [2.05, 4.69) is 15.9 Å². The van der Waals surface area contributed by atoms with Crippen molar-refractivity contribution in [3.63, 3.8) is 0 Å². The van der Waals surface area contributed by atoms with E-state index in [0.29, 0.717) is 19.8 Å². The first kappa shape index (κ1) is 14.9. The fourth-order valence-electron chi connectivity index (χ4n) is 1.57. The Morgan fingerprint density at radius 3 is 2.06 bits per heavy atom. The lowest BCUT2D eigenvalue weighted by atomic mass is 10.4. The van der Waals surface area contributed by atoms with Gasteiger partial charge in [0.2, 0.25) is 0 Å². The summed E-state index contributed by atoms with van der Waals surface area (Å²) < 4.78 is 17.6. The third-order valence-electron chi connectivity index (χ3n) is 2.17. The van der Waals surface area contributed by atoms with E-state index >= 15 is 0 Å². The maximum atomic E-state index is 5.89. The van der Waals surface area contributed by atoms with Gasteiger partial charge in [-0.05, 0) is 13.8 Å². The molecule has 0 fully saturated rings. The van der Waals surface area contributed by atoms with Crippen LogP contribution in [0.5, 0.6) is 0 Å². The van der Waals surface area contributed by atoms with Gasteiger partial charge in [0.25, 0.3) is 0 Å². The zero-order valence-electron chi connectivity index (χ0n) is 10.3. The molecule has 1 aromatic rings. The van der Waals surface area contributed by atoms with Crippen LogP contribution >= 0.6 is 15.9 Å². The van der Waals surface area contributed by atoms with Gasteiger partial charge < -0.3 is 13.3 Å². The minimum Gasteiger partial charge on any atom is -0.370 e. The van der Waals surface area contributed by atoms with Crippen molar-refractivity contribution in [1.29, 1.82) is 0 Å². The predicted octanol–water partition coefficient (Wildman–Crippen LogP) is 2.32. The highest BCUT2D eigenvalue weighted by Gasteiger charge is 2.43.